The molecule has 14 heavy (non-hydrogen) atoms. The van der Waals surface area contributed by atoms with Crippen LogP contribution in [0.25, 0.3) is 6.08 Å². The average molecular weight is 192 g/mol. The van der Waals surface area contributed by atoms with Crippen molar-refractivity contribution >= 4 is 12.4 Å². The van der Waals surface area contributed by atoms with Crippen LogP contribution in [-0.4, -0.2) is 20.5 Å². The summed E-state index contributed by atoms with van der Waals surface area (Å²) in [6, 6.07) is 5.41. The molecule has 0 spiro atoms. The quantitative estimate of drug-likeness (QED) is 0.540. The summed E-state index contributed by atoms with van der Waals surface area (Å²) in [5.74, 6) is 1.41. The van der Waals surface area contributed by atoms with Crippen molar-refractivity contribution in [2.45, 2.75) is 0 Å². The highest BCUT2D eigenvalue weighted by molar-refractivity contribution is 5.75. The Hall–Kier alpha value is -1.77. The average Bonchev–Trinajstić information content (AvgIpc) is 2.26. The third kappa shape index (κ3) is 2.36. The zero-order valence-corrected chi connectivity index (χ0v) is 8.19. The van der Waals surface area contributed by atoms with E-state index in [1.54, 1.807) is 26.4 Å². The second kappa shape index (κ2) is 5.07. The molecule has 1 aromatic rings. The summed E-state index contributed by atoms with van der Waals surface area (Å²) >= 11 is 0. The summed E-state index contributed by atoms with van der Waals surface area (Å²) in [5.41, 5.74) is 0.848. The highest BCUT2D eigenvalue weighted by Gasteiger charge is 2.00. The molecule has 1 rings (SSSR count). The normalized spacial score (nSPS) is 10.1. The van der Waals surface area contributed by atoms with Gasteiger partial charge in [0.2, 0.25) is 0 Å². The first-order valence-corrected chi connectivity index (χ1v) is 4.15. The molecule has 74 valence electrons. The number of carbonyl (C=O) groups excluding carboxylic acids is 1. The Bertz CT molecular complexity index is 342. The first-order chi connectivity index (χ1) is 6.81. The maximum Gasteiger partial charge on any atom is 0.142 e. The van der Waals surface area contributed by atoms with Crippen molar-refractivity contribution in [1.29, 1.82) is 0 Å². The van der Waals surface area contributed by atoms with Gasteiger partial charge < -0.3 is 9.47 Å². The van der Waals surface area contributed by atoms with E-state index in [-0.39, 0.29) is 0 Å². The number of rotatable bonds is 4. The third-order valence-electron chi connectivity index (χ3n) is 1.79. The Labute approximate surface area is 83.0 Å². The summed E-state index contributed by atoms with van der Waals surface area (Å²) in [6.07, 6.45) is 3.83. The monoisotopic (exact) mass is 192 g/mol. The minimum atomic E-state index is 0.683. The molecule has 3 nitrogen and oxygen atoms in total. The maximum absolute atomic E-state index is 10.1. The van der Waals surface area contributed by atoms with Gasteiger partial charge in [-0.05, 0) is 24.3 Å². The summed E-state index contributed by atoms with van der Waals surface area (Å²) in [4.78, 5) is 10.1. The Balaban J connectivity index is 3.04. The molecule has 0 heterocycles. The minimum absolute atomic E-state index is 0.683. The Morgan fingerprint density at radius 1 is 1.21 bits per heavy atom. The lowest BCUT2D eigenvalue weighted by Gasteiger charge is -2.06. The number of benzene rings is 1. The fourth-order valence-corrected chi connectivity index (χ4v) is 1.10. The number of carbonyl (C=O) groups is 1. The maximum atomic E-state index is 10.1. The van der Waals surface area contributed by atoms with E-state index < -0.39 is 0 Å². The van der Waals surface area contributed by atoms with Gasteiger partial charge in [-0.1, -0.05) is 0 Å². The highest BCUT2D eigenvalue weighted by atomic mass is 16.5. The van der Waals surface area contributed by atoms with Crippen LogP contribution in [0.5, 0.6) is 11.5 Å². The first-order valence-electron chi connectivity index (χ1n) is 4.15. The number of methoxy groups -OCH3 is 2. The van der Waals surface area contributed by atoms with E-state index in [0.717, 1.165) is 17.6 Å². The van der Waals surface area contributed by atoms with Crippen LogP contribution in [0.15, 0.2) is 24.3 Å². The predicted molar refractivity (Wildman–Crippen MR) is 54.6 cm³/mol. The first kappa shape index (κ1) is 10.3. The van der Waals surface area contributed by atoms with Gasteiger partial charge in [-0.15, -0.1) is 0 Å². The molecule has 0 aliphatic carbocycles. The van der Waals surface area contributed by atoms with Crippen LogP contribution in [0.2, 0.25) is 0 Å². The van der Waals surface area contributed by atoms with Crippen LogP contribution < -0.4 is 9.47 Å². The predicted octanol–water partition coefficient (Wildman–Crippen LogP) is 1.92. The van der Waals surface area contributed by atoms with Crippen molar-refractivity contribution in [3.63, 3.8) is 0 Å². The molecule has 0 atom stereocenters. The zero-order valence-electron chi connectivity index (χ0n) is 8.19. The summed E-state index contributed by atoms with van der Waals surface area (Å²) in [7, 11) is 3.17. The van der Waals surface area contributed by atoms with Crippen LogP contribution in [0.1, 0.15) is 5.56 Å². The lowest BCUT2D eigenvalue weighted by atomic mass is 10.2. The van der Waals surface area contributed by atoms with Crippen molar-refractivity contribution in [2.75, 3.05) is 14.2 Å². The molecule has 0 saturated carbocycles. The molecule has 3 heteroatoms. The lowest BCUT2D eigenvalue weighted by molar-refractivity contribution is -0.104. The SMILES string of the molecule is COc1ccc(C=CC=O)c(OC)c1. The van der Waals surface area contributed by atoms with Crippen LogP contribution in [0.3, 0.4) is 0 Å². The van der Waals surface area contributed by atoms with E-state index in [1.807, 2.05) is 12.1 Å². The Kier molecular flexibility index (Phi) is 3.73. The van der Waals surface area contributed by atoms with Crippen LogP contribution >= 0.6 is 0 Å². The number of aldehydes is 1. The van der Waals surface area contributed by atoms with Gasteiger partial charge in [0.25, 0.3) is 0 Å². The van der Waals surface area contributed by atoms with Gasteiger partial charge in [0.15, 0.2) is 0 Å². The standard InChI is InChI=1S/C11H12O3/c1-13-10-6-5-9(4-3-7-12)11(8-10)14-2/h3-8H,1-2H3. The van der Waals surface area contributed by atoms with E-state index in [1.165, 1.54) is 6.08 Å². The van der Waals surface area contributed by atoms with Gasteiger partial charge in [-0.25, -0.2) is 0 Å². The van der Waals surface area contributed by atoms with Crippen LogP contribution in [0.4, 0.5) is 0 Å². The molecule has 0 radical (unpaired) electrons. The fraction of sp³-hybridized carbons (Fsp3) is 0.182. The molecule has 0 fully saturated rings. The summed E-state index contributed by atoms with van der Waals surface area (Å²) in [5, 5.41) is 0. The van der Waals surface area contributed by atoms with Gasteiger partial charge in [-0.3, -0.25) is 4.79 Å². The topological polar surface area (TPSA) is 35.5 Å². The third-order valence-corrected chi connectivity index (χ3v) is 1.79. The van der Waals surface area contributed by atoms with Gasteiger partial charge in [0.05, 0.1) is 14.2 Å². The molecule has 0 N–H and O–H groups in total. The molecular weight excluding hydrogens is 180 g/mol. The molecule has 0 bridgehead atoms. The zero-order chi connectivity index (χ0) is 10.4. The second-order valence-corrected chi connectivity index (χ2v) is 2.60. The van der Waals surface area contributed by atoms with Crippen molar-refractivity contribution in [1.82, 2.24) is 0 Å². The summed E-state index contributed by atoms with van der Waals surface area (Å²) < 4.78 is 10.2. The molecule has 0 aliphatic heterocycles. The number of allylic oxidation sites excluding steroid dienone is 1. The highest BCUT2D eigenvalue weighted by Crippen LogP contribution is 2.25. The van der Waals surface area contributed by atoms with Gasteiger partial charge in [-0.2, -0.15) is 0 Å². The van der Waals surface area contributed by atoms with Crippen molar-refractivity contribution < 1.29 is 14.3 Å². The van der Waals surface area contributed by atoms with Crippen LogP contribution in [-0.2, 0) is 4.79 Å². The summed E-state index contributed by atoms with van der Waals surface area (Å²) in [6.45, 7) is 0. The van der Waals surface area contributed by atoms with E-state index >= 15 is 0 Å². The van der Waals surface area contributed by atoms with E-state index in [4.69, 9.17) is 9.47 Å². The van der Waals surface area contributed by atoms with Crippen LogP contribution in [0, 0.1) is 0 Å². The smallest absolute Gasteiger partial charge is 0.142 e. The number of ether oxygens (including phenoxy) is 2. The van der Waals surface area contributed by atoms with Gasteiger partial charge in [0, 0.05) is 11.6 Å². The van der Waals surface area contributed by atoms with Crippen molar-refractivity contribution in [2.24, 2.45) is 0 Å². The number of hydrogen-bond donors (Lipinski definition) is 0. The van der Waals surface area contributed by atoms with E-state index in [9.17, 15) is 4.79 Å². The van der Waals surface area contributed by atoms with E-state index in [2.05, 4.69) is 0 Å². The van der Waals surface area contributed by atoms with Crippen molar-refractivity contribution in [3.8, 4) is 11.5 Å². The molecule has 0 amide bonds. The molecule has 0 aliphatic rings. The largest absolute Gasteiger partial charge is 0.497 e. The Morgan fingerprint density at radius 3 is 2.57 bits per heavy atom. The molecule has 0 saturated heterocycles. The number of hydrogen-bond acceptors (Lipinski definition) is 3. The van der Waals surface area contributed by atoms with Crippen molar-refractivity contribution in [3.05, 3.63) is 29.8 Å². The minimum Gasteiger partial charge on any atom is -0.497 e. The molecular formula is C11H12O3. The van der Waals surface area contributed by atoms with Gasteiger partial charge >= 0.3 is 0 Å². The second-order valence-electron chi connectivity index (χ2n) is 2.60. The van der Waals surface area contributed by atoms with Gasteiger partial charge in [0.1, 0.15) is 17.8 Å². The lowest BCUT2D eigenvalue weighted by Crippen LogP contribution is -1.89. The Morgan fingerprint density at radius 2 is 2.00 bits per heavy atom. The fourth-order valence-electron chi connectivity index (χ4n) is 1.10. The van der Waals surface area contributed by atoms with E-state index in [0.29, 0.717) is 5.75 Å². The molecule has 0 aromatic heterocycles. The molecule has 1 aromatic carbocycles. The molecule has 0 unspecified atom stereocenters.